The Balaban J connectivity index is 2.07. The number of benzene rings is 1. The van der Waals surface area contributed by atoms with Crippen LogP contribution in [0.5, 0.6) is 0 Å². The van der Waals surface area contributed by atoms with Crippen LogP contribution in [-0.2, 0) is 0 Å². The first-order chi connectivity index (χ1) is 9.69. The fourth-order valence-electron chi connectivity index (χ4n) is 1.49. The molecule has 1 heterocycles. The van der Waals surface area contributed by atoms with Crippen molar-refractivity contribution in [3.05, 3.63) is 46.8 Å². The predicted molar refractivity (Wildman–Crippen MR) is 78.0 cm³/mol. The number of hydrogen-bond acceptors (Lipinski definition) is 6. The maximum absolute atomic E-state index is 10.6. The molecule has 0 fully saturated rings. The van der Waals surface area contributed by atoms with Gasteiger partial charge in [0.25, 0.3) is 5.69 Å². The molecule has 2 aromatic rings. The van der Waals surface area contributed by atoms with E-state index in [4.69, 9.17) is 0 Å². The second kappa shape index (κ2) is 6.85. The number of hydrogen-bond donors (Lipinski definition) is 1. The van der Waals surface area contributed by atoms with Crippen molar-refractivity contribution in [1.29, 1.82) is 0 Å². The third-order valence-electron chi connectivity index (χ3n) is 2.44. The van der Waals surface area contributed by atoms with Crippen molar-refractivity contribution in [2.45, 2.75) is 23.3 Å². The van der Waals surface area contributed by atoms with Crippen LogP contribution in [0.4, 0.5) is 11.5 Å². The summed E-state index contributed by atoms with van der Waals surface area (Å²) >= 11 is 1.42. The van der Waals surface area contributed by atoms with Gasteiger partial charge in [-0.25, -0.2) is 4.98 Å². The third-order valence-corrected chi connectivity index (χ3v) is 3.35. The lowest BCUT2D eigenvalue weighted by atomic mass is 10.3. The first-order valence-corrected chi connectivity index (χ1v) is 6.99. The van der Waals surface area contributed by atoms with Gasteiger partial charge in [-0.15, -0.1) is 0 Å². The van der Waals surface area contributed by atoms with Gasteiger partial charge >= 0.3 is 0 Å². The zero-order valence-corrected chi connectivity index (χ0v) is 11.8. The van der Waals surface area contributed by atoms with E-state index in [0.717, 1.165) is 28.7 Å². The molecule has 0 unspecified atom stereocenters. The van der Waals surface area contributed by atoms with E-state index in [0.29, 0.717) is 0 Å². The molecule has 0 saturated heterocycles. The summed E-state index contributed by atoms with van der Waals surface area (Å²) in [6.07, 6.45) is 4.36. The summed E-state index contributed by atoms with van der Waals surface area (Å²) in [6.45, 7) is 2.93. The van der Waals surface area contributed by atoms with Crippen LogP contribution in [0.3, 0.4) is 0 Å². The number of non-ortho nitro benzene ring substituents is 1. The van der Waals surface area contributed by atoms with Crippen LogP contribution >= 0.6 is 11.8 Å². The van der Waals surface area contributed by atoms with Crippen LogP contribution in [0.1, 0.15) is 13.3 Å². The van der Waals surface area contributed by atoms with Gasteiger partial charge in [-0.1, -0.05) is 18.7 Å². The number of aromatic nitrogens is 2. The summed E-state index contributed by atoms with van der Waals surface area (Å²) < 4.78 is 0. The first kappa shape index (κ1) is 14.3. The number of nitrogens with one attached hydrogen (secondary N) is 1. The molecule has 0 amide bonds. The molecule has 0 bridgehead atoms. The Hall–Kier alpha value is -2.15. The number of nitrogens with zero attached hydrogens (tertiary/aromatic N) is 3. The molecular weight excluding hydrogens is 276 g/mol. The summed E-state index contributed by atoms with van der Waals surface area (Å²) in [4.78, 5) is 19.6. The van der Waals surface area contributed by atoms with Crippen molar-refractivity contribution in [3.8, 4) is 0 Å². The number of rotatable bonds is 6. The quantitative estimate of drug-likeness (QED) is 0.649. The van der Waals surface area contributed by atoms with Crippen LogP contribution in [0.2, 0.25) is 0 Å². The van der Waals surface area contributed by atoms with E-state index in [1.54, 1.807) is 24.5 Å². The van der Waals surface area contributed by atoms with E-state index in [-0.39, 0.29) is 5.69 Å². The molecule has 6 nitrogen and oxygen atoms in total. The van der Waals surface area contributed by atoms with Crippen molar-refractivity contribution >= 4 is 23.3 Å². The smallest absolute Gasteiger partial charge is 0.269 e. The molecule has 1 aromatic carbocycles. The van der Waals surface area contributed by atoms with E-state index in [9.17, 15) is 10.1 Å². The minimum atomic E-state index is -0.413. The highest BCUT2D eigenvalue weighted by Crippen LogP contribution is 2.27. The highest BCUT2D eigenvalue weighted by Gasteiger charge is 2.06. The Morgan fingerprint density at radius 2 is 2.05 bits per heavy atom. The third kappa shape index (κ3) is 3.92. The van der Waals surface area contributed by atoms with E-state index in [1.807, 2.05) is 0 Å². The van der Waals surface area contributed by atoms with Crippen LogP contribution in [0, 0.1) is 10.1 Å². The Kier molecular flexibility index (Phi) is 4.89. The molecule has 0 atom stereocenters. The monoisotopic (exact) mass is 290 g/mol. The van der Waals surface area contributed by atoms with Crippen LogP contribution in [-0.4, -0.2) is 21.4 Å². The molecule has 1 N–H and O–H groups in total. The fourth-order valence-corrected chi connectivity index (χ4v) is 2.26. The second-order valence-electron chi connectivity index (χ2n) is 4.02. The lowest BCUT2D eigenvalue weighted by Gasteiger charge is -2.05. The highest BCUT2D eigenvalue weighted by molar-refractivity contribution is 7.99. The Morgan fingerprint density at radius 1 is 1.30 bits per heavy atom. The van der Waals surface area contributed by atoms with Gasteiger partial charge in [0.15, 0.2) is 0 Å². The lowest BCUT2D eigenvalue weighted by Crippen LogP contribution is -2.02. The summed E-state index contributed by atoms with van der Waals surface area (Å²) in [7, 11) is 0. The minimum absolute atomic E-state index is 0.0822. The molecule has 0 spiro atoms. The minimum Gasteiger partial charge on any atom is -0.369 e. The Bertz CT molecular complexity index is 589. The highest BCUT2D eigenvalue weighted by atomic mass is 32.2. The molecule has 0 aliphatic carbocycles. The molecule has 20 heavy (non-hydrogen) atoms. The van der Waals surface area contributed by atoms with Crippen LogP contribution < -0.4 is 5.32 Å². The van der Waals surface area contributed by atoms with Crippen molar-refractivity contribution in [2.75, 3.05) is 11.9 Å². The zero-order chi connectivity index (χ0) is 14.4. The standard InChI is InChI=1S/C13H14N4O2S/c1-2-7-15-12-8-14-9-13(16-12)20-11-5-3-10(4-6-11)17(18)19/h3-6,8-9H,2,7H2,1H3,(H,15,16). The SMILES string of the molecule is CCCNc1cncc(Sc2ccc([N+](=O)[O-])cc2)n1. The van der Waals surface area contributed by atoms with Gasteiger partial charge in [-0.2, -0.15) is 0 Å². The van der Waals surface area contributed by atoms with Crippen LogP contribution in [0.25, 0.3) is 0 Å². The fraction of sp³-hybridized carbons (Fsp3) is 0.231. The summed E-state index contributed by atoms with van der Waals surface area (Å²) in [5.74, 6) is 0.735. The second-order valence-corrected chi connectivity index (χ2v) is 5.12. The maximum atomic E-state index is 10.6. The Morgan fingerprint density at radius 3 is 2.70 bits per heavy atom. The van der Waals surface area contributed by atoms with Crippen molar-refractivity contribution in [3.63, 3.8) is 0 Å². The van der Waals surface area contributed by atoms with Crippen molar-refractivity contribution in [2.24, 2.45) is 0 Å². The zero-order valence-electron chi connectivity index (χ0n) is 10.9. The van der Waals surface area contributed by atoms with Gasteiger partial charge in [0.2, 0.25) is 0 Å². The number of anilines is 1. The summed E-state index contributed by atoms with van der Waals surface area (Å²) in [6, 6.07) is 6.37. The van der Waals surface area contributed by atoms with Crippen molar-refractivity contribution in [1.82, 2.24) is 9.97 Å². The lowest BCUT2D eigenvalue weighted by molar-refractivity contribution is -0.384. The molecule has 0 aliphatic heterocycles. The number of nitro groups is 1. The molecule has 0 aliphatic rings. The topological polar surface area (TPSA) is 81.0 Å². The largest absolute Gasteiger partial charge is 0.369 e. The molecular formula is C13H14N4O2S. The van der Waals surface area contributed by atoms with E-state index in [1.165, 1.54) is 23.9 Å². The molecule has 0 radical (unpaired) electrons. The van der Waals surface area contributed by atoms with E-state index in [2.05, 4.69) is 22.2 Å². The molecule has 2 rings (SSSR count). The first-order valence-electron chi connectivity index (χ1n) is 6.17. The van der Waals surface area contributed by atoms with Crippen molar-refractivity contribution < 1.29 is 4.92 Å². The van der Waals surface area contributed by atoms with E-state index < -0.39 is 4.92 Å². The van der Waals surface area contributed by atoms with Gasteiger partial charge in [0, 0.05) is 23.6 Å². The summed E-state index contributed by atoms with van der Waals surface area (Å²) in [5.41, 5.74) is 0.0822. The van der Waals surface area contributed by atoms with Gasteiger partial charge < -0.3 is 5.32 Å². The average Bonchev–Trinajstić information content (AvgIpc) is 2.46. The van der Waals surface area contributed by atoms with Gasteiger partial charge in [0.1, 0.15) is 10.8 Å². The van der Waals surface area contributed by atoms with Gasteiger partial charge in [-0.05, 0) is 18.6 Å². The van der Waals surface area contributed by atoms with Crippen LogP contribution in [0.15, 0.2) is 46.6 Å². The average molecular weight is 290 g/mol. The summed E-state index contributed by atoms with van der Waals surface area (Å²) in [5, 5.41) is 14.5. The molecule has 104 valence electrons. The normalized spacial score (nSPS) is 10.2. The number of nitro benzene ring substituents is 1. The van der Waals surface area contributed by atoms with Gasteiger partial charge in [-0.3, -0.25) is 15.1 Å². The molecule has 1 aromatic heterocycles. The molecule has 7 heteroatoms. The van der Waals surface area contributed by atoms with E-state index >= 15 is 0 Å². The predicted octanol–water partition coefficient (Wildman–Crippen LogP) is 3.36. The van der Waals surface area contributed by atoms with Gasteiger partial charge in [0.05, 0.1) is 17.3 Å². The Labute approximate surface area is 120 Å². The maximum Gasteiger partial charge on any atom is 0.269 e. The molecule has 0 saturated carbocycles.